The average molecular weight is 345 g/mol. The van der Waals surface area contributed by atoms with Crippen molar-refractivity contribution in [3.63, 3.8) is 0 Å². The van der Waals surface area contributed by atoms with Crippen LogP contribution < -0.4 is 14.8 Å². The zero-order valence-corrected chi connectivity index (χ0v) is 14.2. The fourth-order valence-electron chi connectivity index (χ4n) is 3.63. The number of piperazine rings is 1. The van der Waals surface area contributed by atoms with E-state index in [1.165, 1.54) is 0 Å². The molecule has 1 aromatic carbocycles. The third kappa shape index (κ3) is 3.28. The molecule has 7 nitrogen and oxygen atoms in total. The Bertz CT molecular complexity index is 664. The normalized spacial score (nSPS) is 22.8. The summed E-state index contributed by atoms with van der Waals surface area (Å²) in [4.78, 5) is 28.9. The molecule has 0 aliphatic carbocycles. The summed E-state index contributed by atoms with van der Waals surface area (Å²) in [7, 11) is 0. The van der Waals surface area contributed by atoms with Crippen LogP contribution in [-0.2, 0) is 4.79 Å². The molecule has 1 N–H and O–H groups in total. The highest BCUT2D eigenvalue weighted by molar-refractivity contribution is 5.95. The Morgan fingerprint density at radius 1 is 1.00 bits per heavy atom. The second kappa shape index (κ2) is 6.92. The van der Waals surface area contributed by atoms with E-state index in [2.05, 4.69) is 5.32 Å². The third-order valence-corrected chi connectivity index (χ3v) is 5.11. The Morgan fingerprint density at radius 2 is 1.76 bits per heavy atom. The monoisotopic (exact) mass is 345 g/mol. The molecule has 4 rings (SSSR count). The van der Waals surface area contributed by atoms with Gasteiger partial charge in [-0.05, 0) is 37.6 Å². The molecule has 1 atom stereocenters. The van der Waals surface area contributed by atoms with Gasteiger partial charge in [-0.3, -0.25) is 9.59 Å². The van der Waals surface area contributed by atoms with E-state index in [9.17, 15) is 9.59 Å². The Kier molecular flexibility index (Phi) is 4.48. The predicted octanol–water partition coefficient (Wildman–Crippen LogP) is 0.842. The Balaban J connectivity index is 1.35. The van der Waals surface area contributed by atoms with E-state index in [0.29, 0.717) is 43.2 Å². The molecule has 1 unspecified atom stereocenters. The maximum Gasteiger partial charge on any atom is 0.254 e. The number of carbonyl (C=O) groups excluding carboxylic acids is 2. The van der Waals surface area contributed by atoms with Crippen LogP contribution in [0.15, 0.2) is 18.2 Å². The lowest BCUT2D eigenvalue weighted by molar-refractivity contribution is -0.135. The Labute approximate surface area is 146 Å². The van der Waals surface area contributed by atoms with Crippen LogP contribution in [0.2, 0.25) is 0 Å². The van der Waals surface area contributed by atoms with Crippen LogP contribution in [0.3, 0.4) is 0 Å². The highest BCUT2D eigenvalue weighted by atomic mass is 16.7. The molecule has 0 spiro atoms. The second-order valence-electron chi connectivity index (χ2n) is 6.69. The largest absolute Gasteiger partial charge is 0.454 e. The molecule has 0 bridgehead atoms. The first kappa shape index (κ1) is 16.2. The van der Waals surface area contributed by atoms with Crippen LogP contribution >= 0.6 is 0 Å². The van der Waals surface area contributed by atoms with Gasteiger partial charge in [0.25, 0.3) is 5.91 Å². The summed E-state index contributed by atoms with van der Waals surface area (Å²) >= 11 is 0. The van der Waals surface area contributed by atoms with Crippen LogP contribution in [-0.4, -0.2) is 67.2 Å². The highest BCUT2D eigenvalue weighted by Crippen LogP contribution is 2.32. The lowest BCUT2D eigenvalue weighted by Gasteiger charge is -2.37. The van der Waals surface area contributed by atoms with Crippen molar-refractivity contribution in [3.8, 4) is 11.5 Å². The standard InChI is InChI=1S/C18H23N3O4/c22-17(13-4-5-15-16(11-13)25-12-24-15)20-7-9-21(10-8-20)18(23)14-3-1-2-6-19-14/h4-5,11,14,19H,1-3,6-10,12H2. The van der Waals surface area contributed by atoms with Crippen molar-refractivity contribution in [3.05, 3.63) is 23.8 Å². The molecule has 7 heteroatoms. The van der Waals surface area contributed by atoms with Crippen molar-refractivity contribution in [1.29, 1.82) is 0 Å². The number of carbonyl (C=O) groups is 2. The van der Waals surface area contributed by atoms with Gasteiger partial charge in [-0.1, -0.05) is 6.42 Å². The molecule has 3 aliphatic heterocycles. The van der Waals surface area contributed by atoms with Gasteiger partial charge in [-0.15, -0.1) is 0 Å². The molecule has 0 saturated carbocycles. The summed E-state index contributed by atoms with van der Waals surface area (Å²) in [5.74, 6) is 1.44. The van der Waals surface area contributed by atoms with E-state index >= 15 is 0 Å². The van der Waals surface area contributed by atoms with Crippen LogP contribution in [0, 0.1) is 0 Å². The molecule has 0 radical (unpaired) electrons. The number of nitrogens with one attached hydrogen (secondary N) is 1. The minimum Gasteiger partial charge on any atom is -0.454 e. The van der Waals surface area contributed by atoms with E-state index in [1.807, 2.05) is 4.90 Å². The van der Waals surface area contributed by atoms with Gasteiger partial charge >= 0.3 is 0 Å². The summed E-state index contributed by atoms with van der Waals surface area (Å²) in [5.41, 5.74) is 0.595. The number of hydrogen-bond acceptors (Lipinski definition) is 5. The van der Waals surface area contributed by atoms with Crippen molar-refractivity contribution >= 4 is 11.8 Å². The van der Waals surface area contributed by atoms with Crippen LogP contribution in [0.5, 0.6) is 11.5 Å². The smallest absolute Gasteiger partial charge is 0.254 e. The number of piperidine rings is 1. The van der Waals surface area contributed by atoms with Crippen molar-refractivity contribution in [1.82, 2.24) is 15.1 Å². The van der Waals surface area contributed by atoms with Gasteiger partial charge in [-0.25, -0.2) is 0 Å². The van der Waals surface area contributed by atoms with Crippen molar-refractivity contribution in [2.75, 3.05) is 39.5 Å². The van der Waals surface area contributed by atoms with Crippen molar-refractivity contribution in [2.45, 2.75) is 25.3 Å². The summed E-state index contributed by atoms with van der Waals surface area (Å²) < 4.78 is 10.6. The van der Waals surface area contributed by atoms with E-state index in [1.54, 1.807) is 23.1 Å². The number of fused-ring (bicyclic) bond motifs is 1. The molecule has 2 saturated heterocycles. The quantitative estimate of drug-likeness (QED) is 0.860. The zero-order valence-electron chi connectivity index (χ0n) is 14.2. The molecule has 2 amide bonds. The first-order chi connectivity index (χ1) is 12.2. The van der Waals surface area contributed by atoms with Gasteiger partial charge in [0.1, 0.15) is 0 Å². The topological polar surface area (TPSA) is 71.1 Å². The van der Waals surface area contributed by atoms with Gasteiger partial charge in [0.15, 0.2) is 11.5 Å². The van der Waals surface area contributed by atoms with E-state index < -0.39 is 0 Å². The van der Waals surface area contributed by atoms with Gasteiger partial charge < -0.3 is 24.6 Å². The van der Waals surface area contributed by atoms with E-state index in [0.717, 1.165) is 25.8 Å². The molecule has 0 aromatic heterocycles. The summed E-state index contributed by atoms with van der Waals surface area (Å²) in [6.07, 6.45) is 3.16. The minimum atomic E-state index is -0.0511. The first-order valence-electron chi connectivity index (χ1n) is 8.93. The highest BCUT2D eigenvalue weighted by Gasteiger charge is 2.30. The van der Waals surface area contributed by atoms with E-state index in [-0.39, 0.29) is 24.6 Å². The minimum absolute atomic E-state index is 0.0267. The zero-order chi connectivity index (χ0) is 17.2. The van der Waals surface area contributed by atoms with Crippen LogP contribution in [0.1, 0.15) is 29.6 Å². The maximum atomic E-state index is 12.7. The summed E-state index contributed by atoms with van der Waals surface area (Å²) in [6.45, 7) is 3.42. The number of hydrogen-bond donors (Lipinski definition) is 1. The lowest BCUT2D eigenvalue weighted by Crippen LogP contribution is -2.55. The molecule has 3 heterocycles. The Morgan fingerprint density at radius 3 is 2.52 bits per heavy atom. The Hall–Kier alpha value is -2.28. The summed E-state index contributed by atoms with van der Waals surface area (Å²) in [6, 6.07) is 5.21. The van der Waals surface area contributed by atoms with Gasteiger partial charge in [0, 0.05) is 31.7 Å². The molecule has 2 fully saturated rings. The molecule has 25 heavy (non-hydrogen) atoms. The molecule has 3 aliphatic rings. The fraction of sp³-hybridized carbons (Fsp3) is 0.556. The van der Waals surface area contributed by atoms with Crippen molar-refractivity contribution in [2.24, 2.45) is 0 Å². The van der Waals surface area contributed by atoms with Gasteiger partial charge in [0.2, 0.25) is 12.7 Å². The molecular formula is C18H23N3O4. The SMILES string of the molecule is O=C(c1ccc2c(c1)OCO2)N1CCN(C(=O)C2CCCCN2)CC1. The number of benzene rings is 1. The number of nitrogens with zero attached hydrogens (tertiary/aromatic N) is 2. The van der Waals surface area contributed by atoms with Crippen LogP contribution in [0.4, 0.5) is 0 Å². The predicted molar refractivity (Wildman–Crippen MR) is 90.7 cm³/mol. The van der Waals surface area contributed by atoms with Gasteiger partial charge in [-0.2, -0.15) is 0 Å². The van der Waals surface area contributed by atoms with E-state index in [4.69, 9.17) is 9.47 Å². The molecule has 1 aromatic rings. The first-order valence-corrected chi connectivity index (χ1v) is 8.93. The number of rotatable bonds is 2. The molecular weight excluding hydrogens is 322 g/mol. The number of ether oxygens (including phenoxy) is 2. The van der Waals surface area contributed by atoms with Crippen LogP contribution in [0.25, 0.3) is 0 Å². The third-order valence-electron chi connectivity index (χ3n) is 5.11. The average Bonchev–Trinajstić information content (AvgIpc) is 3.15. The maximum absolute atomic E-state index is 12.7. The molecule has 134 valence electrons. The summed E-state index contributed by atoms with van der Waals surface area (Å²) in [5, 5.41) is 3.30. The lowest BCUT2D eigenvalue weighted by atomic mass is 10.0. The van der Waals surface area contributed by atoms with Gasteiger partial charge in [0.05, 0.1) is 6.04 Å². The fourth-order valence-corrected chi connectivity index (χ4v) is 3.63. The van der Waals surface area contributed by atoms with Crippen molar-refractivity contribution < 1.29 is 19.1 Å². The second-order valence-corrected chi connectivity index (χ2v) is 6.69. The number of amides is 2.